The van der Waals surface area contributed by atoms with E-state index in [2.05, 4.69) is 0 Å². The summed E-state index contributed by atoms with van der Waals surface area (Å²) in [5.74, 6) is 0.554. The first kappa shape index (κ1) is 18.6. The third-order valence-corrected chi connectivity index (χ3v) is 4.53. The van der Waals surface area contributed by atoms with Gasteiger partial charge in [0.1, 0.15) is 5.75 Å². The summed E-state index contributed by atoms with van der Waals surface area (Å²) < 4.78 is 5.65. The molecule has 0 saturated carbocycles. The maximum Gasteiger partial charge on any atom is 0.264 e. The molecule has 0 heterocycles. The number of fused-ring (bicyclic) bond motifs is 1. The van der Waals surface area contributed by atoms with E-state index in [4.69, 9.17) is 4.74 Å². The Labute approximate surface area is 159 Å². The lowest BCUT2D eigenvalue weighted by Crippen LogP contribution is -2.34. The number of hydrogen-bond acceptors (Lipinski definition) is 3. The number of anilines is 1. The number of nitrogens with zero attached hydrogens (tertiary/aromatic N) is 1. The van der Waals surface area contributed by atoms with Crippen molar-refractivity contribution < 1.29 is 14.3 Å². The van der Waals surface area contributed by atoms with Crippen molar-refractivity contribution in [2.75, 3.05) is 18.1 Å². The molecule has 0 unspecified atom stereocenters. The summed E-state index contributed by atoms with van der Waals surface area (Å²) in [7, 11) is 0. The highest BCUT2D eigenvalue weighted by Gasteiger charge is 2.17. The number of Topliss-reactive ketones (excluding diaryl/α,β-unsaturated/α-hetero) is 1. The van der Waals surface area contributed by atoms with Gasteiger partial charge in [0.2, 0.25) is 0 Å². The number of carbonyl (C=O) groups is 2. The van der Waals surface area contributed by atoms with Gasteiger partial charge in [-0.3, -0.25) is 9.59 Å². The van der Waals surface area contributed by atoms with Gasteiger partial charge in [-0.25, -0.2) is 0 Å². The molecule has 3 rings (SSSR count). The molecule has 0 radical (unpaired) electrons. The monoisotopic (exact) mass is 361 g/mol. The zero-order valence-electron chi connectivity index (χ0n) is 15.6. The van der Waals surface area contributed by atoms with E-state index in [0.29, 0.717) is 24.3 Å². The summed E-state index contributed by atoms with van der Waals surface area (Å²) in [6.07, 6.45) is 0.467. The summed E-state index contributed by atoms with van der Waals surface area (Å²) in [5.41, 5.74) is 1.54. The van der Waals surface area contributed by atoms with Crippen LogP contribution in [0.4, 0.5) is 5.69 Å². The molecule has 0 spiro atoms. The van der Waals surface area contributed by atoms with Crippen molar-refractivity contribution in [3.05, 3.63) is 72.3 Å². The number of carbonyl (C=O) groups excluding carboxylic acids is 2. The van der Waals surface area contributed by atoms with Crippen molar-refractivity contribution in [1.82, 2.24) is 0 Å². The van der Waals surface area contributed by atoms with E-state index in [1.165, 1.54) is 0 Å². The summed E-state index contributed by atoms with van der Waals surface area (Å²) >= 11 is 0. The third kappa shape index (κ3) is 4.17. The van der Waals surface area contributed by atoms with Crippen molar-refractivity contribution in [3.63, 3.8) is 0 Å². The van der Waals surface area contributed by atoms with E-state index >= 15 is 0 Å². The molecular weight excluding hydrogens is 338 g/mol. The van der Waals surface area contributed by atoms with Crippen LogP contribution in [0.3, 0.4) is 0 Å². The highest BCUT2D eigenvalue weighted by molar-refractivity contribution is 6.04. The normalized spacial score (nSPS) is 10.6. The molecule has 3 aromatic rings. The van der Waals surface area contributed by atoms with Gasteiger partial charge in [-0.05, 0) is 42.6 Å². The summed E-state index contributed by atoms with van der Waals surface area (Å²) in [4.78, 5) is 26.2. The van der Waals surface area contributed by atoms with Crippen molar-refractivity contribution >= 4 is 28.2 Å². The Balaban J connectivity index is 1.73. The predicted molar refractivity (Wildman–Crippen MR) is 109 cm³/mol. The first-order valence-electron chi connectivity index (χ1n) is 9.18. The van der Waals surface area contributed by atoms with Gasteiger partial charge in [-0.2, -0.15) is 0 Å². The Morgan fingerprint density at radius 3 is 2.30 bits per heavy atom. The summed E-state index contributed by atoms with van der Waals surface area (Å²) in [6.45, 7) is 4.28. The van der Waals surface area contributed by atoms with E-state index in [9.17, 15) is 9.59 Å². The lowest BCUT2D eigenvalue weighted by Gasteiger charge is -2.23. The lowest BCUT2D eigenvalue weighted by atomic mass is 10.1. The Hall–Kier alpha value is -3.14. The second-order valence-electron chi connectivity index (χ2n) is 6.23. The van der Waals surface area contributed by atoms with Crippen LogP contribution >= 0.6 is 0 Å². The van der Waals surface area contributed by atoms with Crippen molar-refractivity contribution in [3.8, 4) is 5.75 Å². The number of benzene rings is 3. The number of hydrogen-bond donors (Lipinski definition) is 0. The SMILES string of the molecule is CCC(=O)c1ccc(OCC(=O)N(CC)c2cccc3ccccc23)cc1. The molecule has 0 atom stereocenters. The molecule has 3 aromatic carbocycles. The average molecular weight is 361 g/mol. The fourth-order valence-electron chi connectivity index (χ4n) is 3.09. The molecule has 0 aliphatic rings. The molecule has 0 aromatic heterocycles. The standard InChI is InChI=1S/C23H23NO3/c1-3-22(25)18-12-14-19(15-13-18)27-16-23(26)24(4-2)21-11-7-9-17-8-5-6-10-20(17)21/h5-15H,3-4,16H2,1-2H3. The Bertz CT molecular complexity index is 942. The number of ether oxygens (including phenoxy) is 1. The van der Waals surface area contributed by atoms with Gasteiger partial charge in [0.25, 0.3) is 5.91 Å². The van der Waals surface area contributed by atoms with Crippen LogP contribution in [0.5, 0.6) is 5.75 Å². The molecule has 0 N–H and O–H groups in total. The van der Waals surface area contributed by atoms with E-state index in [-0.39, 0.29) is 18.3 Å². The molecule has 0 bridgehead atoms. The highest BCUT2D eigenvalue weighted by atomic mass is 16.5. The van der Waals surface area contributed by atoms with Gasteiger partial charge in [0, 0.05) is 23.9 Å². The van der Waals surface area contributed by atoms with Gasteiger partial charge in [-0.15, -0.1) is 0 Å². The zero-order chi connectivity index (χ0) is 19.2. The second-order valence-corrected chi connectivity index (χ2v) is 6.23. The molecular formula is C23H23NO3. The van der Waals surface area contributed by atoms with E-state index in [0.717, 1.165) is 16.5 Å². The van der Waals surface area contributed by atoms with E-state index in [1.54, 1.807) is 29.2 Å². The number of ketones is 1. The van der Waals surface area contributed by atoms with Crippen molar-refractivity contribution in [2.45, 2.75) is 20.3 Å². The number of amides is 1. The van der Waals surface area contributed by atoms with Gasteiger partial charge >= 0.3 is 0 Å². The van der Waals surface area contributed by atoms with E-state index < -0.39 is 0 Å². The minimum Gasteiger partial charge on any atom is -0.484 e. The topological polar surface area (TPSA) is 46.6 Å². The molecule has 4 heteroatoms. The van der Waals surface area contributed by atoms with Crippen LogP contribution in [0, 0.1) is 0 Å². The Kier molecular flexibility index (Phi) is 5.87. The zero-order valence-corrected chi connectivity index (χ0v) is 15.6. The molecule has 0 fully saturated rings. The summed E-state index contributed by atoms with van der Waals surface area (Å²) in [5, 5.41) is 2.14. The third-order valence-electron chi connectivity index (χ3n) is 4.53. The van der Waals surface area contributed by atoms with Gasteiger partial charge < -0.3 is 9.64 Å². The molecule has 4 nitrogen and oxygen atoms in total. The van der Waals surface area contributed by atoms with Crippen LogP contribution in [-0.2, 0) is 4.79 Å². The van der Waals surface area contributed by atoms with Crippen LogP contribution in [-0.4, -0.2) is 24.8 Å². The fourth-order valence-corrected chi connectivity index (χ4v) is 3.09. The maximum atomic E-state index is 12.8. The minimum atomic E-state index is -0.109. The minimum absolute atomic E-state index is 0.0574. The van der Waals surface area contributed by atoms with Gasteiger partial charge in [-0.1, -0.05) is 43.3 Å². The quantitative estimate of drug-likeness (QED) is 0.564. The lowest BCUT2D eigenvalue weighted by molar-refractivity contribution is -0.120. The highest BCUT2D eigenvalue weighted by Crippen LogP contribution is 2.27. The first-order chi connectivity index (χ1) is 13.1. The van der Waals surface area contributed by atoms with Crippen LogP contribution in [0.25, 0.3) is 10.8 Å². The van der Waals surface area contributed by atoms with E-state index in [1.807, 2.05) is 56.3 Å². The molecule has 0 aliphatic heterocycles. The van der Waals surface area contributed by atoms with Crippen LogP contribution in [0.15, 0.2) is 66.7 Å². The number of likely N-dealkylation sites (N-methyl/N-ethyl adjacent to an activating group) is 1. The van der Waals surface area contributed by atoms with Crippen molar-refractivity contribution in [2.24, 2.45) is 0 Å². The fraction of sp³-hybridized carbons (Fsp3) is 0.217. The van der Waals surface area contributed by atoms with Crippen molar-refractivity contribution in [1.29, 1.82) is 0 Å². The van der Waals surface area contributed by atoms with Crippen LogP contribution in [0.1, 0.15) is 30.6 Å². The smallest absolute Gasteiger partial charge is 0.264 e. The average Bonchev–Trinajstić information content (AvgIpc) is 2.72. The molecule has 0 aliphatic carbocycles. The van der Waals surface area contributed by atoms with Crippen LogP contribution < -0.4 is 9.64 Å². The Morgan fingerprint density at radius 2 is 1.59 bits per heavy atom. The predicted octanol–water partition coefficient (Wildman–Crippen LogP) is 4.86. The molecule has 0 saturated heterocycles. The maximum absolute atomic E-state index is 12.8. The van der Waals surface area contributed by atoms with Crippen LogP contribution in [0.2, 0.25) is 0 Å². The van der Waals surface area contributed by atoms with Gasteiger partial charge in [0.05, 0.1) is 5.69 Å². The second kappa shape index (κ2) is 8.49. The molecule has 1 amide bonds. The number of rotatable bonds is 7. The molecule has 138 valence electrons. The van der Waals surface area contributed by atoms with Gasteiger partial charge in [0.15, 0.2) is 12.4 Å². The largest absolute Gasteiger partial charge is 0.484 e. The Morgan fingerprint density at radius 1 is 0.889 bits per heavy atom. The summed E-state index contributed by atoms with van der Waals surface area (Å²) in [6, 6.07) is 20.9. The first-order valence-corrected chi connectivity index (χ1v) is 9.18. The molecule has 27 heavy (non-hydrogen) atoms.